The van der Waals surface area contributed by atoms with Crippen molar-refractivity contribution in [2.75, 3.05) is 26.7 Å². The third kappa shape index (κ3) is 3.46. The van der Waals surface area contributed by atoms with E-state index in [1.54, 1.807) is 0 Å². The van der Waals surface area contributed by atoms with Crippen LogP contribution in [0.3, 0.4) is 0 Å². The average molecular weight is 224 g/mol. The van der Waals surface area contributed by atoms with E-state index >= 15 is 0 Å². The first-order valence-corrected chi connectivity index (χ1v) is 7.10. The van der Waals surface area contributed by atoms with Crippen molar-refractivity contribution in [2.45, 2.75) is 57.9 Å². The highest BCUT2D eigenvalue weighted by molar-refractivity contribution is 4.84. The molecule has 1 saturated carbocycles. The van der Waals surface area contributed by atoms with Gasteiger partial charge < -0.3 is 10.2 Å². The summed E-state index contributed by atoms with van der Waals surface area (Å²) in [6.45, 7) is 6.28. The van der Waals surface area contributed by atoms with Gasteiger partial charge in [-0.05, 0) is 57.7 Å². The van der Waals surface area contributed by atoms with E-state index in [-0.39, 0.29) is 0 Å². The molecular weight excluding hydrogens is 196 g/mol. The van der Waals surface area contributed by atoms with Crippen molar-refractivity contribution in [1.82, 2.24) is 10.2 Å². The van der Waals surface area contributed by atoms with E-state index in [1.807, 2.05) is 0 Å². The second-order valence-electron chi connectivity index (χ2n) is 6.33. The summed E-state index contributed by atoms with van der Waals surface area (Å²) in [6, 6.07) is 0.780. The van der Waals surface area contributed by atoms with Gasteiger partial charge in [-0.15, -0.1) is 0 Å². The highest BCUT2D eigenvalue weighted by Gasteiger charge is 2.29. The van der Waals surface area contributed by atoms with Crippen molar-refractivity contribution in [3.63, 3.8) is 0 Å². The van der Waals surface area contributed by atoms with E-state index in [0.29, 0.717) is 5.41 Å². The molecule has 1 N–H and O–H groups in total. The first-order chi connectivity index (χ1) is 7.68. The monoisotopic (exact) mass is 224 g/mol. The lowest BCUT2D eigenvalue weighted by atomic mass is 9.88. The molecule has 0 spiro atoms. The van der Waals surface area contributed by atoms with Crippen molar-refractivity contribution >= 4 is 0 Å². The molecular formula is C14H28N2. The maximum atomic E-state index is 3.84. The molecule has 0 radical (unpaired) electrons. The Labute approximate surface area is 101 Å². The first kappa shape index (κ1) is 12.4. The Kier molecular flexibility index (Phi) is 4.26. The molecule has 2 aliphatic rings. The summed E-state index contributed by atoms with van der Waals surface area (Å²) in [5, 5.41) is 3.84. The number of rotatable bonds is 3. The molecule has 1 unspecified atom stereocenters. The van der Waals surface area contributed by atoms with Crippen LogP contribution in [0.15, 0.2) is 0 Å². The number of hydrogen-bond acceptors (Lipinski definition) is 2. The Balaban J connectivity index is 1.72. The van der Waals surface area contributed by atoms with E-state index in [4.69, 9.17) is 0 Å². The van der Waals surface area contributed by atoms with E-state index < -0.39 is 0 Å². The summed E-state index contributed by atoms with van der Waals surface area (Å²) in [7, 11) is 2.25. The molecule has 1 aliphatic heterocycles. The van der Waals surface area contributed by atoms with Crippen molar-refractivity contribution in [3.8, 4) is 0 Å². The minimum absolute atomic E-state index is 0.609. The van der Waals surface area contributed by atoms with Crippen LogP contribution in [0, 0.1) is 5.41 Å². The molecule has 0 aromatic carbocycles. The number of nitrogens with one attached hydrogen (secondary N) is 1. The summed E-state index contributed by atoms with van der Waals surface area (Å²) in [5.74, 6) is 0. The fraction of sp³-hybridized carbons (Fsp3) is 1.00. The first-order valence-electron chi connectivity index (χ1n) is 7.10. The summed E-state index contributed by atoms with van der Waals surface area (Å²) in [5.41, 5.74) is 0.609. The summed E-state index contributed by atoms with van der Waals surface area (Å²) < 4.78 is 0. The molecule has 2 rings (SSSR count). The van der Waals surface area contributed by atoms with Gasteiger partial charge in [-0.25, -0.2) is 0 Å². The van der Waals surface area contributed by atoms with Gasteiger partial charge in [0, 0.05) is 12.6 Å². The predicted molar refractivity (Wildman–Crippen MR) is 69.7 cm³/mol. The van der Waals surface area contributed by atoms with E-state index in [0.717, 1.165) is 6.04 Å². The van der Waals surface area contributed by atoms with Crippen molar-refractivity contribution in [2.24, 2.45) is 5.41 Å². The molecule has 1 aliphatic carbocycles. The number of nitrogens with zero attached hydrogens (tertiary/aromatic N) is 1. The number of likely N-dealkylation sites (tertiary alicyclic amines) is 1. The molecule has 1 atom stereocenters. The molecule has 0 aromatic rings. The van der Waals surface area contributed by atoms with Crippen LogP contribution < -0.4 is 5.32 Å². The molecule has 0 aromatic heterocycles. The maximum absolute atomic E-state index is 3.84. The van der Waals surface area contributed by atoms with Crippen LogP contribution in [-0.4, -0.2) is 37.6 Å². The highest BCUT2D eigenvalue weighted by Crippen LogP contribution is 2.36. The average Bonchev–Trinajstić information content (AvgIpc) is 2.58. The largest absolute Gasteiger partial charge is 0.313 e. The quantitative estimate of drug-likeness (QED) is 0.793. The standard InChI is InChI=1S/C14H28N2/c1-14(8-3-4-9-14)12-15-13-6-5-10-16(2)11-7-13/h13,15H,3-12H2,1-2H3. The highest BCUT2D eigenvalue weighted by atomic mass is 15.1. The summed E-state index contributed by atoms with van der Waals surface area (Å²) >= 11 is 0. The lowest BCUT2D eigenvalue weighted by molar-refractivity contribution is 0.286. The van der Waals surface area contributed by atoms with Gasteiger partial charge in [-0.3, -0.25) is 0 Å². The Bertz CT molecular complexity index is 209. The predicted octanol–water partition coefficient (Wildman–Crippen LogP) is 2.64. The minimum atomic E-state index is 0.609. The Morgan fingerprint density at radius 1 is 1.12 bits per heavy atom. The minimum Gasteiger partial charge on any atom is -0.313 e. The van der Waals surface area contributed by atoms with Crippen LogP contribution in [0.25, 0.3) is 0 Å². The lowest BCUT2D eigenvalue weighted by Gasteiger charge is -2.27. The molecule has 16 heavy (non-hydrogen) atoms. The lowest BCUT2D eigenvalue weighted by Crippen LogP contribution is -2.37. The van der Waals surface area contributed by atoms with Crippen molar-refractivity contribution in [1.29, 1.82) is 0 Å². The van der Waals surface area contributed by atoms with Crippen LogP contribution in [-0.2, 0) is 0 Å². The fourth-order valence-corrected chi connectivity index (χ4v) is 3.24. The second-order valence-corrected chi connectivity index (χ2v) is 6.33. The molecule has 0 bridgehead atoms. The summed E-state index contributed by atoms with van der Waals surface area (Å²) in [4.78, 5) is 2.47. The molecule has 2 nitrogen and oxygen atoms in total. The van der Waals surface area contributed by atoms with Gasteiger partial charge in [0.05, 0.1) is 0 Å². The molecule has 0 amide bonds. The Hall–Kier alpha value is -0.0800. The van der Waals surface area contributed by atoms with Gasteiger partial charge in [-0.2, -0.15) is 0 Å². The van der Waals surface area contributed by atoms with Gasteiger partial charge in [0.15, 0.2) is 0 Å². The molecule has 2 heteroatoms. The van der Waals surface area contributed by atoms with Gasteiger partial charge in [0.2, 0.25) is 0 Å². The Morgan fingerprint density at radius 3 is 2.62 bits per heavy atom. The van der Waals surface area contributed by atoms with Gasteiger partial charge in [0.25, 0.3) is 0 Å². The molecule has 2 fully saturated rings. The van der Waals surface area contributed by atoms with Gasteiger partial charge in [-0.1, -0.05) is 19.8 Å². The fourth-order valence-electron chi connectivity index (χ4n) is 3.24. The zero-order chi connectivity index (χ0) is 11.4. The van der Waals surface area contributed by atoms with Crippen LogP contribution >= 0.6 is 0 Å². The smallest absolute Gasteiger partial charge is 0.00799 e. The van der Waals surface area contributed by atoms with E-state index in [2.05, 4.69) is 24.2 Å². The zero-order valence-corrected chi connectivity index (χ0v) is 11.1. The van der Waals surface area contributed by atoms with Gasteiger partial charge in [0.1, 0.15) is 0 Å². The normalized spacial score (nSPS) is 31.5. The van der Waals surface area contributed by atoms with Crippen molar-refractivity contribution < 1.29 is 0 Å². The van der Waals surface area contributed by atoms with Gasteiger partial charge >= 0.3 is 0 Å². The third-order valence-electron chi connectivity index (χ3n) is 4.58. The molecule has 94 valence electrons. The van der Waals surface area contributed by atoms with Crippen LogP contribution in [0.1, 0.15) is 51.9 Å². The number of hydrogen-bond donors (Lipinski definition) is 1. The van der Waals surface area contributed by atoms with E-state index in [1.165, 1.54) is 64.6 Å². The zero-order valence-electron chi connectivity index (χ0n) is 11.1. The van der Waals surface area contributed by atoms with Crippen molar-refractivity contribution in [3.05, 3.63) is 0 Å². The maximum Gasteiger partial charge on any atom is 0.00799 e. The van der Waals surface area contributed by atoms with E-state index in [9.17, 15) is 0 Å². The summed E-state index contributed by atoms with van der Waals surface area (Å²) in [6.07, 6.45) is 9.86. The Morgan fingerprint density at radius 2 is 1.88 bits per heavy atom. The van der Waals surface area contributed by atoms with Crippen LogP contribution in [0.5, 0.6) is 0 Å². The van der Waals surface area contributed by atoms with Crippen LogP contribution in [0.4, 0.5) is 0 Å². The molecule has 1 heterocycles. The van der Waals surface area contributed by atoms with Crippen LogP contribution in [0.2, 0.25) is 0 Å². The third-order valence-corrected chi connectivity index (χ3v) is 4.58. The second kappa shape index (κ2) is 5.50. The SMILES string of the molecule is CN1CCCC(NCC2(C)CCCC2)CC1. The molecule has 1 saturated heterocycles. The topological polar surface area (TPSA) is 15.3 Å².